The molecule has 4 rings (SSSR count). The van der Waals surface area contributed by atoms with E-state index in [-0.39, 0.29) is 11.8 Å². The number of likely N-dealkylation sites (N-methyl/N-ethyl adjacent to an activating group) is 1. The van der Waals surface area contributed by atoms with Gasteiger partial charge in [0.2, 0.25) is 0 Å². The van der Waals surface area contributed by atoms with Crippen molar-refractivity contribution in [3.63, 3.8) is 0 Å². The lowest BCUT2D eigenvalue weighted by atomic mass is 10.0. The Hall–Kier alpha value is -3.08. The van der Waals surface area contributed by atoms with Crippen LogP contribution in [-0.2, 0) is 9.59 Å². The van der Waals surface area contributed by atoms with Crippen LogP contribution in [0.1, 0.15) is 18.1 Å². The number of benzene rings is 3. The molecule has 1 heterocycles. The zero-order valence-corrected chi connectivity index (χ0v) is 18.6. The van der Waals surface area contributed by atoms with E-state index in [0.717, 1.165) is 11.3 Å². The first-order chi connectivity index (χ1) is 14.9. The monoisotopic (exact) mass is 450 g/mol. The minimum atomic E-state index is -0.373. The van der Waals surface area contributed by atoms with Crippen LogP contribution in [0.3, 0.4) is 0 Å². The van der Waals surface area contributed by atoms with Gasteiger partial charge >= 0.3 is 0 Å². The van der Waals surface area contributed by atoms with Crippen molar-refractivity contribution in [2.24, 2.45) is 0 Å². The van der Waals surface area contributed by atoms with E-state index in [9.17, 15) is 9.59 Å². The predicted molar refractivity (Wildman–Crippen MR) is 127 cm³/mol. The number of carbonyl (C=O) groups excluding carboxylic acids is 2. The van der Waals surface area contributed by atoms with Crippen molar-refractivity contribution in [3.8, 4) is 0 Å². The minimum absolute atomic E-state index is 0.343. The first kappa shape index (κ1) is 21.2. The predicted octanol–water partition coefficient (Wildman–Crippen LogP) is 6.11. The number of hydrogen-bond donors (Lipinski definition) is 0. The molecule has 0 bridgehead atoms. The number of para-hydroxylation sites is 1. The van der Waals surface area contributed by atoms with E-state index in [1.807, 2.05) is 49.1 Å². The number of amides is 2. The van der Waals surface area contributed by atoms with Gasteiger partial charge < -0.3 is 4.90 Å². The van der Waals surface area contributed by atoms with Crippen molar-refractivity contribution in [2.45, 2.75) is 13.8 Å². The number of halogens is 2. The molecule has 0 atom stereocenters. The van der Waals surface area contributed by atoms with Gasteiger partial charge in [0.1, 0.15) is 5.70 Å². The van der Waals surface area contributed by atoms with Gasteiger partial charge in [-0.2, -0.15) is 0 Å². The average molecular weight is 451 g/mol. The van der Waals surface area contributed by atoms with Crippen LogP contribution in [0.2, 0.25) is 10.0 Å². The fraction of sp³-hybridized carbons (Fsp3) is 0.120. The summed E-state index contributed by atoms with van der Waals surface area (Å²) in [4.78, 5) is 30.5. The second kappa shape index (κ2) is 8.58. The average Bonchev–Trinajstić information content (AvgIpc) is 3.01. The Morgan fingerprint density at radius 3 is 2.10 bits per heavy atom. The normalized spacial score (nSPS) is 13.9. The van der Waals surface area contributed by atoms with Crippen LogP contribution < -0.4 is 9.80 Å². The van der Waals surface area contributed by atoms with E-state index in [4.69, 9.17) is 23.2 Å². The molecule has 0 unspecified atom stereocenters. The van der Waals surface area contributed by atoms with Crippen molar-refractivity contribution in [2.75, 3.05) is 16.3 Å². The summed E-state index contributed by atoms with van der Waals surface area (Å²) in [6, 6.07) is 21.7. The largest absolute Gasteiger partial charge is 0.337 e. The van der Waals surface area contributed by atoms with Gasteiger partial charge in [0, 0.05) is 22.3 Å². The third-order valence-corrected chi connectivity index (χ3v) is 5.73. The highest BCUT2D eigenvalue weighted by atomic mass is 35.5. The van der Waals surface area contributed by atoms with Gasteiger partial charge in [0.25, 0.3) is 11.8 Å². The standard InChI is InChI=1S/C25H20Cl2N2O2/c1-3-28(20-7-5-4-6-8-20)23-22(17-9-11-18(26)12-10-17)24(30)29(25(23)31)21-14-13-19(27)15-16(21)2/h4-15H,3H2,1-2H3. The number of imide groups is 1. The maximum Gasteiger partial charge on any atom is 0.282 e. The van der Waals surface area contributed by atoms with Crippen LogP contribution in [0, 0.1) is 6.92 Å². The van der Waals surface area contributed by atoms with Gasteiger partial charge in [-0.15, -0.1) is 0 Å². The lowest BCUT2D eigenvalue weighted by molar-refractivity contribution is -0.120. The van der Waals surface area contributed by atoms with Gasteiger partial charge in [-0.25, -0.2) is 4.90 Å². The van der Waals surface area contributed by atoms with Crippen LogP contribution >= 0.6 is 23.2 Å². The first-order valence-corrected chi connectivity index (χ1v) is 10.7. The highest BCUT2D eigenvalue weighted by molar-refractivity contribution is 6.46. The molecule has 3 aromatic rings. The molecule has 4 nitrogen and oxygen atoms in total. The summed E-state index contributed by atoms with van der Waals surface area (Å²) in [5, 5.41) is 1.11. The molecule has 0 radical (unpaired) electrons. The van der Waals surface area contributed by atoms with E-state index in [1.165, 1.54) is 4.90 Å². The van der Waals surface area contributed by atoms with Gasteiger partial charge in [-0.05, 0) is 67.4 Å². The number of hydrogen-bond acceptors (Lipinski definition) is 3. The summed E-state index contributed by atoms with van der Waals surface area (Å²) < 4.78 is 0. The number of carbonyl (C=O) groups is 2. The third kappa shape index (κ3) is 3.85. The van der Waals surface area contributed by atoms with Gasteiger partial charge in [-0.1, -0.05) is 53.5 Å². The molecule has 0 saturated carbocycles. The summed E-state index contributed by atoms with van der Waals surface area (Å²) in [5.41, 5.74) is 3.43. The lowest BCUT2D eigenvalue weighted by Gasteiger charge is -2.25. The van der Waals surface area contributed by atoms with Crippen LogP contribution in [0.25, 0.3) is 5.57 Å². The summed E-state index contributed by atoms with van der Waals surface area (Å²) in [6.07, 6.45) is 0. The molecular weight excluding hydrogens is 431 g/mol. The zero-order valence-electron chi connectivity index (χ0n) is 17.1. The Morgan fingerprint density at radius 1 is 0.839 bits per heavy atom. The molecule has 0 N–H and O–H groups in total. The maximum atomic E-state index is 13.7. The number of rotatable bonds is 5. The SMILES string of the molecule is CCN(C1=C(c2ccc(Cl)cc2)C(=O)N(c2ccc(Cl)cc2C)C1=O)c1ccccc1. The summed E-state index contributed by atoms with van der Waals surface area (Å²) in [5.74, 6) is -0.742. The van der Waals surface area contributed by atoms with Crippen molar-refractivity contribution >= 4 is 52.0 Å². The number of nitrogens with zero attached hydrogens (tertiary/aromatic N) is 2. The van der Waals surface area contributed by atoms with Gasteiger partial charge in [-0.3, -0.25) is 9.59 Å². The Morgan fingerprint density at radius 2 is 1.48 bits per heavy atom. The molecule has 2 amide bonds. The molecule has 0 aromatic heterocycles. The third-order valence-electron chi connectivity index (χ3n) is 5.25. The second-order valence-electron chi connectivity index (χ2n) is 7.19. The fourth-order valence-corrected chi connectivity index (χ4v) is 4.16. The molecule has 6 heteroatoms. The molecular formula is C25H20Cl2N2O2. The Balaban J connectivity index is 1.92. The van der Waals surface area contributed by atoms with Crippen molar-refractivity contribution in [3.05, 3.63) is 99.7 Å². The van der Waals surface area contributed by atoms with Crippen LogP contribution in [-0.4, -0.2) is 18.4 Å². The quantitative estimate of drug-likeness (QED) is 0.440. The van der Waals surface area contributed by atoms with Crippen molar-refractivity contribution in [1.82, 2.24) is 0 Å². The highest BCUT2D eigenvalue weighted by Crippen LogP contribution is 2.38. The van der Waals surface area contributed by atoms with E-state index >= 15 is 0 Å². The first-order valence-electron chi connectivity index (χ1n) is 9.90. The van der Waals surface area contributed by atoms with E-state index in [2.05, 4.69) is 0 Å². The van der Waals surface area contributed by atoms with Crippen LogP contribution in [0.5, 0.6) is 0 Å². The molecule has 156 valence electrons. The molecule has 1 aliphatic rings. The van der Waals surface area contributed by atoms with Crippen LogP contribution in [0.15, 0.2) is 78.5 Å². The van der Waals surface area contributed by atoms with E-state index < -0.39 is 0 Å². The lowest BCUT2D eigenvalue weighted by Crippen LogP contribution is -2.35. The zero-order chi connectivity index (χ0) is 22.1. The van der Waals surface area contributed by atoms with Crippen LogP contribution in [0.4, 0.5) is 11.4 Å². The molecule has 1 aliphatic heterocycles. The Labute approximate surface area is 191 Å². The van der Waals surface area contributed by atoms with Gasteiger partial charge in [0.05, 0.1) is 11.3 Å². The molecule has 3 aromatic carbocycles. The Bertz CT molecular complexity index is 1190. The second-order valence-corrected chi connectivity index (χ2v) is 8.06. The van der Waals surface area contributed by atoms with Crippen molar-refractivity contribution in [1.29, 1.82) is 0 Å². The molecule has 0 fully saturated rings. The number of anilines is 2. The Kier molecular flexibility index (Phi) is 5.86. The van der Waals surface area contributed by atoms with Crippen molar-refractivity contribution < 1.29 is 9.59 Å². The van der Waals surface area contributed by atoms with E-state index in [0.29, 0.717) is 39.1 Å². The molecule has 0 saturated heterocycles. The summed E-state index contributed by atoms with van der Waals surface area (Å²) in [7, 11) is 0. The highest BCUT2D eigenvalue weighted by Gasteiger charge is 2.43. The fourth-order valence-electron chi connectivity index (χ4n) is 3.81. The topological polar surface area (TPSA) is 40.6 Å². The molecule has 0 aliphatic carbocycles. The van der Waals surface area contributed by atoms with E-state index in [1.54, 1.807) is 42.5 Å². The maximum absolute atomic E-state index is 13.7. The molecule has 0 spiro atoms. The van der Waals surface area contributed by atoms with Gasteiger partial charge in [0.15, 0.2) is 0 Å². The number of aryl methyl sites for hydroxylation is 1. The molecule has 31 heavy (non-hydrogen) atoms. The summed E-state index contributed by atoms with van der Waals surface area (Å²) in [6.45, 7) is 4.30. The minimum Gasteiger partial charge on any atom is -0.337 e. The smallest absolute Gasteiger partial charge is 0.282 e. The summed E-state index contributed by atoms with van der Waals surface area (Å²) >= 11 is 12.2.